The van der Waals surface area contributed by atoms with Gasteiger partial charge in [0.05, 0.1) is 13.2 Å². The Balaban J connectivity index is 4.15. The van der Waals surface area contributed by atoms with Gasteiger partial charge in [-0.3, -0.25) is 18.6 Å². The molecule has 9 nitrogen and oxygen atoms in total. The predicted octanol–water partition coefficient (Wildman–Crippen LogP) is 14.1. The first kappa shape index (κ1) is 56.7. The topological polar surface area (TPSA) is 134 Å². The van der Waals surface area contributed by atoms with Crippen LogP contribution in [0.15, 0.2) is 60.8 Å². The SMILES string of the molecule is CCC=CCC=CCC=CCC=CCC=CCCCCCC(=O)OC[C@H](COP(=O)(O)OCCN)OC(=O)CCCCCCCCCCCCCCCCCCCCC. The number of phosphoric ester groups is 1. The smallest absolute Gasteiger partial charge is 0.462 e. The van der Waals surface area contributed by atoms with E-state index in [1.807, 2.05) is 0 Å². The monoisotopic (exact) mass is 850 g/mol. The summed E-state index contributed by atoms with van der Waals surface area (Å²) in [5.74, 6) is -0.862. The van der Waals surface area contributed by atoms with E-state index in [2.05, 4.69) is 74.6 Å². The second kappa shape index (κ2) is 45.2. The van der Waals surface area contributed by atoms with Crippen molar-refractivity contribution in [3.05, 3.63) is 60.8 Å². The summed E-state index contributed by atoms with van der Waals surface area (Å²) in [6.07, 6.45) is 54.0. The van der Waals surface area contributed by atoms with Gasteiger partial charge in [0, 0.05) is 19.4 Å². The third kappa shape index (κ3) is 45.1. The highest BCUT2D eigenvalue weighted by atomic mass is 31.2. The lowest BCUT2D eigenvalue weighted by Gasteiger charge is -2.19. The molecular weight excluding hydrogens is 762 g/mol. The molecular formula is C49H88NO8P. The molecule has 0 aromatic heterocycles. The van der Waals surface area contributed by atoms with Crippen LogP contribution in [-0.2, 0) is 32.7 Å². The maximum absolute atomic E-state index is 12.6. The van der Waals surface area contributed by atoms with Crippen molar-refractivity contribution in [3.63, 3.8) is 0 Å². The van der Waals surface area contributed by atoms with Crippen LogP contribution in [0.4, 0.5) is 0 Å². The van der Waals surface area contributed by atoms with E-state index in [-0.39, 0.29) is 32.6 Å². The van der Waals surface area contributed by atoms with Gasteiger partial charge in [-0.15, -0.1) is 0 Å². The third-order valence-electron chi connectivity index (χ3n) is 9.92. The van der Waals surface area contributed by atoms with Crippen molar-refractivity contribution >= 4 is 19.8 Å². The van der Waals surface area contributed by atoms with Crippen molar-refractivity contribution in [2.24, 2.45) is 5.73 Å². The quantitative estimate of drug-likeness (QED) is 0.0266. The highest BCUT2D eigenvalue weighted by Gasteiger charge is 2.26. The van der Waals surface area contributed by atoms with Gasteiger partial charge in [-0.25, -0.2) is 4.57 Å². The number of unbranched alkanes of at least 4 members (excludes halogenated alkanes) is 21. The number of ether oxygens (including phenoxy) is 2. The average molecular weight is 850 g/mol. The fourth-order valence-electron chi connectivity index (χ4n) is 6.43. The van der Waals surface area contributed by atoms with Crippen molar-refractivity contribution in [2.75, 3.05) is 26.4 Å². The van der Waals surface area contributed by atoms with Gasteiger partial charge in [0.15, 0.2) is 6.10 Å². The molecule has 3 N–H and O–H groups in total. The Morgan fingerprint density at radius 1 is 0.525 bits per heavy atom. The molecule has 0 aliphatic rings. The normalized spacial score (nSPS) is 13.8. The first-order valence-corrected chi connectivity index (χ1v) is 25.3. The molecule has 0 amide bonds. The van der Waals surface area contributed by atoms with E-state index < -0.39 is 32.5 Å². The molecule has 1 unspecified atom stereocenters. The Labute approximate surface area is 361 Å². The van der Waals surface area contributed by atoms with Crippen LogP contribution in [0.2, 0.25) is 0 Å². The zero-order valence-corrected chi connectivity index (χ0v) is 38.6. The van der Waals surface area contributed by atoms with Crippen LogP contribution in [0.3, 0.4) is 0 Å². The molecule has 0 saturated carbocycles. The van der Waals surface area contributed by atoms with Crippen LogP contribution in [0, 0.1) is 0 Å². The molecule has 0 rings (SSSR count). The first-order chi connectivity index (χ1) is 28.8. The Hall–Kier alpha value is -2.29. The maximum Gasteiger partial charge on any atom is 0.472 e. The minimum Gasteiger partial charge on any atom is -0.462 e. The number of nitrogens with two attached hydrogens (primary N) is 1. The highest BCUT2D eigenvalue weighted by Crippen LogP contribution is 2.43. The van der Waals surface area contributed by atoms with Crippen LogP contribution in [0.25, 0.3) is 0 Å². The lowest BCUT2D eigenvalue weighted by atomic mass is 10.0. The van der Waals surface area contributed by atoms with Gasteiger partial charge in [-0.1, -0.05) is 197 Å². The lowest BCUT2D eigenvalue weighted by Crippen LogP contribution is -2.29. The van der Waals surface area contributed by atoms with E-state index in [9.17, 15) is 19.0 Å². The van der Waals surface area contributed by atoms with Crippen molar-refractivity contribution in [1.29, 1.82) is 0 Å². The molecule has 0 fully saturated rings. The molecule has 0 aliphatic carbocycles. The summed E-state index contributed by atoms with van der Waals surface area (Å²) in [5, 5.41) is 0. The summed E-state index contributed by atoms with van der Waals surface area (Å²) in [7, 11) is -4.39. The van der Waals surface area contributed by atoms with Crippen LogP contribution in [0.5, 0.6) is 0 Å². The molecule has 0 heterocycles. The second-order valence-corrected chi connectivity index (χ2v) is 17.1. The number of carbonyl (C=O) groups is 2. The van der Waals surface area contributed by atoms with E-state index in [0.29, 0.717) is 12.8 Å². The summed E-state index contributed by atoms with van der Waals surface area (Å²) >= 11 is 0. The zero-order valence-electron chi connectivity index (χ0n) is 37.7. The summed E-state index contributed by atoms with van der Waals surface area (Å²) in [4.78, 5) is 35.0. The van der Waals surface area contributed by atoms with Crippen molar-refractivity contribution in [3.8, 4) is 0 Å². The number of phosphoric acid groups is 1. The summed E-state index contributed by atoms with van der Waals surface area (Å²) in [6, 6.07) is 0. The Morgan fingerprint density at radius 3 is 1.39 bits per heavy atom. The number of hydrogen-bond acceptors (Lipinski definition) is 8. The van der Waals surface area contributed by atoms with Crippen LogP contribution < -0.4 is 5.73 Å². The third-order valence-corrected chi connectivity index (χ3v) is 10.9. The molecule has 0 aromatic carbocycles. The number of rotatable bonds is 44. The van der Waals surface area contributed by atoms with Gasteiger partial charge in [-0.2, -0.15) is 0 Å². The Kier molecular flexibility index (Phi) is 43.5. The molecule has 342 valence electrons. The molecule has 0 radical (unpaired) electrons. The van der Waals surface area contributed by atoms with Gasteiger partial charge in [0.2, 0.25) is 0 Å². The van der Waals surface area contributed by atoms with Gasteiger partial charge in [-0.05, 0) is 57.8 Å². The Morgan fingerprint density at radius 2 is 0.932 bits per heavy atom. The van der Waals surface area contributed by atoms with Crippen LogP contribution >= 0.6 is 7.82 Å². The van der Waals surface area contributed by atoms with Gasteiger partial charge in [0.1, 0.15) is 6.61 Å². The predicted molar refractivity (Wildman–Crippen MR) is 247 cm³/mol. The molecule has 2 atom stereocenters. The first-order valence-electron chi connectivity index (χ1n) is 23.8. The fraction of sp³-hybridized carbons (Fsp3) is 0.755. The van der Waals surface area contributed by atoms with Gasteiger partial charge in [0.25, 0.3) is 0 Å². The van der Waals surface area contributed by atoms with Crippen molar-refractivity contribution in [1.82, 2.24) is 0 Å². The van der Waals surface area contributed by atoms with E-state index in [1.165, 1.54) is 96.3 Å². The van der Waals surface area contributed by atoms with E-state index >= 15 is 0 Å². The molecule has 0 aromatic rings. The van der Waals surface area contributed by atoms with Gasteiger partial charge < -0.3 is 20.1 Å². The van der Waals surface area contributed by atoms with Crippen LogP contribution in [0.1, 0.15) is 206 Å². The highest BCUT2D eigenvalue weighted by molar-refractivity contribution is 7.47. The molecule has 10 heteroatoms. The fourth-order valence-corrected chi connectivity index (χ4v) is 7.19. The van der Waals surface area contributed by atoms with Crippen LogP contribution in [-0.4, -0.2) is 49.3 Å². The minimum absolute atomic E-state index is 0.0473. The summed E-state index contributed by atoms with van der Waals surface area (Å²) in [5.41, 5.74) is 5.36. The largest absolute Gasteiger partial charge is 0.472 e. The minimum atomic E-state index is -4.39. The lowest BCUT2D eigenvalue weighted by molar-refractivity contribution is -0.161. The average Bonchev–Trinajstić information content (AvgIpc) is 3.22. The van der Waals surface area contributed by atoms with E-state index in [1.54, 1.807) is 0 Å². The second-order valence-electron chi connectivity index (χ2n) is 15.6. The molecule has 0 saturated heterocycles. The molecule has 0 aliphatic heterocycles. The number of esters is 2. The number of allylic oxidation sites excluding steroid dienone is 10. The summed E-state index contributed by atoms with van der Waals surface area (Å²) < 4.78 is 32.8. The molecule has 0 spiro atoms. The van der Waals surface area contributed by atoms with Gasteiger partial charge >= 0.3 is 19.8 Å². The Bertz CT molecular complexity index is 1150. The number of carbonyl (C=O) groups excluding carboxylic acids is 2. The van der Waals surface area contributed by atoms with Crippen molar-refractivity contribution < 1.29 is 37.6 Å². The number of hydrogen-bond donors (Lipinski definition) is 2. The van der Waals surface area contributed by atoms with E-state index in [4.69, 9.17) is 24.3 Å². The van der Waals surface area contributed by atoms with E-state index in [0.717, 1.165) is 70.6 Å². The van der Waals surface area contributed by atoms with Crippen molar-refractivity contribution in [2.45, 2.75) is 213 Å². The standard InChI is InChI=1S/C49H88NO8P/c1-3-5-7-9-11-13-15-17-19-21-23-25-27-29-31-33-35-37-39-41-48(51)55-45-47(46-57-59(53,54)56-44-43-50)58-49(52)42-40-38-36-34-32-30-28-26-24-22-20-18-16-14-12-10-8-6-4-2/h5,7,11,13,17,19,23,25,29,31,47H,3-4,6,8-10,12,14-16,18,20-22,24,26-28,30,32-46,50H2,1-2H3,(H,53,54)/t47-/m1/s1. The maximum atomic E-state index is 12.6. The zero-order chi connectivity index (χ0) is 43.2. The molecule has 0 bridgehead atoms. The molecule has 59 heavy (non-hydrogen) atoms. The summed E-state index contributed by atoms with van der Waals surface area (Å²) in [6.45, 7) is 3.60.